The first-order chi connectivity index (χ1) is 9.52. The van der Waals surface area contributed by atoms with E-state index in [9.17, 15) is 9.59 Å². The fraction of sp³-hybridized carbons (Fsp3) is 0.857. The molecule has 0 rings (SSSR count). The van der Waals surface area contributed by atoms with Crippen LogP contribution in [-0.2, 0) is 19.1 Å². The minimum Gasteiger partial charge on any atom is -0.377 e. The molecule has 0 bridgehead atoms. The van der Waals surface area contributed by atoms with Crippen LogP contribution < -0.4 is 10.6 Å². The van der Waals surface area contributed by atoms with Crippen LogP contribution in [0.5, 0.6) is 0 Å². The van der Waals surface area contributed by atoms with E-state index in [4.69, 9.17) is 9.47 Å². The summed E-state index contributed by atoms with van der Waals surface area (Å²) < 4.78 is 10.3. The van der Waals surface area contributed by atoms with Crippen molar-refractivity contribution in [2.75, 3.05) is 39.5 Å². The van der Waals surface area contributed by atoms with E-state index in [0.29, 0.717) is 38.8 Å². The number of ketones is 1. The predicted molar refractivity (Wildman–Crippen MR) is 77.7 cm³/mol. The van der Waals surface area contributed by atoms with Gasteiger partial charge in [0.15, 0.2) is 5.78 Å². The van der Waals surface area contributed by atoms with E-state index in [1.807, 2.05) is 0 Å². The van der Waals surface area contributed by atoms with Crippen LogP contribution in [-0.4, -0.2) is 57.2 Å². The summed E-state index contributed by atoms with van der Waals surface area (Å²) in [6.07, 6.45) is 1.37. The summed E-state index contributed by atoms with van der Waals surface area (Å²) in [5, 5.41) is 6.06. The minimum absolute atomic E-state index is 0.00391. The SMILES string of the molecule is CC(=O)COCCOCCNC(=O)CCCNC(C)C. The van der Waals surface area contributed by atoms with Gasteiger partial charge in [0.25, 0.3) is 0 Å². The Hall–Kier alpha value is -0.980. The molecule has 0 aliphatic heterocycles. The maximum Gasteiger partial charge on any atom is 0.220 e. The molecule has 6 nitrogen and oxygen atoms in total. The molecule has 0 unspecified atom stereocenters. The summed E-state index contributed by atoms with van der Waals surface area (Å²) in [6, 6.07) is 0.455. The van der Waals surface area contributed by atoms with Crippen molar-refractivity contribution < 1.29 is 19.1 Å². The molecule has 0 aromatic heterocycles. The van der Waals surface area contributed by atoms with E-state index >= 15 is 0 Å². The third-order valence-electron chi connectivity index (χ3n) is 2.38. The lowest BCUT2D eigenvalue weighted by molar-refractivity contribution is -0.123. The second kappa shape index (κ2) is 13.0. The highest BCUT2D eigenvalue weighted by Crippen LogP contribution is 1.88. The average Bonchev–Trinajstić information content (AvgIpc) is 2.37. The molecule has 0 aromatic carbocycles. The molecule has 6 heteroatoms. The molecule has 0 saturated carbocycles. The third-order valence-corrected chi connectivity index (χ3v) is 2.38. The summed E-state index contributed by atoms with van der Waals surface area (Å²) >= 11 is 0. The Bertz CT molecular complexity index is 270. The molecular formula is C14H28N2O4. The van der Waals surface area contributed by atoms with Gasteiger partial charge < -0.3 is 20.1 Å². The molecular weight excluding hydrogens is 260 g/mol. The summed E-state index contributed by atoms with van der Waals surface area (Å²) in [5.74, 6) is 0.0520. The Morgan fingerprint density at radius 3 is 2.40 bits per heavy atom. The van der Waals surface area contributed by atoms with Gasteiger partial charge in [0.05, 0.1) is 19.8 Å². The fourth-order valence-corrected chi connectivity index (χ4v) is 1.43. The number of rotatable bonds is 13. The summed E-state index contributed by atoms with van der Waals surface area (Å²) in [7, 11) is 0. The molecule has 0 radical (unpaired) electrons. The van der Waals surface area contributed by atoms with Gasteiger partial charge in [-0.2, -0.15) is 0 Å². The van der Waals surface area contributed by atoms with Crippen molar-refractivity contribution in [3.8, 4) is 0 Å². The number of carbonyl (C=O) groups excluding carboxylic acids is 2. The molecule has 20 heavy (non-hydrogen) atoms. The second-order valence-electron chi connectivity index (χ2n) is 4.93. The van der Waals surface area contributed by atoms with Gasteiger partial charge >= 0.3 is 0 Å². The van der Waals surface area contributed by atoms with Gasteiger partial charge in [0.1, 0.15) is 6.61 Å². The Labute approximate surface area is 121 Å². The van der Waals surface area contributed by atoms with Crippen molar-refractivity contribution in [2.24, 2.45) is 0 Å². The van der Waals surface area contributed by atoms with Crippen molar-refractivity contribution in [2.45, 2.75) is 39.7 Å². The van der Waals surface area contributed by atoms with E-state index in [0.717, 1.165) is 13.0 Å². The fourth-order valence-electron chi connectivity index (χ4n) is 1.43. The Morgan fingerprint density at radius 1 is 1.05 bits per heavy atom. The Morgan fingerprint density at radius 2 is 1.75 bits per heavy atom. The van der Waals surface area contributed by atoms with Crippen molar-refractivity contribution in [1.82, 2.24) is 10.6 Å². The number of Topliss-reactive ketones (excluding diaryl/α,β-unsaturated/α-hetero) is 1. The molecule has 0 aliphatic carbocycles. The van der Waals surface area contributed by atoms with Crippen LogP contribution >= 0.6 is 0 Å². The topological polar surface area (TPSA) is 76.7 Å². The number of nitrogens with one attached hydrogen (secondary N) is 2. The molecule has 0 fully saturated rings. The van der Waals surface area contributed by atoms with Crippen LogP contribution in [0.15, 0.2) is 0 Å². The largest absolute Gasteiger partial charge is 0.377 e. The number of carbonyl (C=O) groups is 2. The van der Waals surface area contributed by atoms with E-state index in [1.54, 1.807) is 0 Å². The number of ether oxygens (including phenoxy) is 2. The van der Waals surface area contributed by atoms with Gasteiger partial charge in [-0.1, -0.05) is 13.8 Å². The standard InChI is InChI=1S/C14H28N2O4/c1-12(2)15-6-4-5-14(18)16-7-8-19-9-10-20-11-13(3)17/h12,15H,4-11H2,1-3H3,(H,16,18). The lowest BCUT2D eigenvalue weighted by Crippen LogP contribution is -2.29. The maximum atomic E-state index is 11.4. The smallest absolute Gasteiger partial charge is 0.220 e. The van der Waals surface area contributed by atoms with E-state index in [2.05, 4.69) is 24.5 Å². The third kappa shape index (κ3) is 15.1. The van der Waals surface area contributed by atoms with Crippen LogP contribution in [0, 0.1) is 0 Å². The zero-order valence-corrected chi connectivity index (χ0v) is 12.9. The summed E-state index contributed by atoms with van der Waals surface area (Å²) in [6.45, 7) is 8.42. The van der Waals surface area contributed by atoms with Crippen molar-refractivity contribution in [3.05, 3.63) is 0 Å². The normalized spacial score (nSPS) is 10.8. The number of hydrogen-bond donors (Lipinski definition) is 2. The summed E-state index contributed by atoms with van der Waals surface area (Å²) in [4.78, 5) is 22.0. The predicted octanol–water partition coefficient (Wildman–Crippen LogP) is 0.503. The first-order valence-electron chi connectivity index (χ1n) is 7.17. The van der Waals surface area contributed by atoms with Gasteiger partial charge in [-0.15, -0.1) is 0 Å². The number of amides is 1. The highest BCUT2D eigenvalue weighted by Gasteiger charge is 2.00. The average molecular weight is 288 g/mol. The van der Waals surface area contributed by atoms with Gasteiger partial charge in [-0.3, -0.25) is 9.59 Å². The molecule has 2 N–H and O–H groups in total. The van der Waals surface area contributed by atoms with Gasteiger partial charge in [-0.05, 0) is 19.9 Å². The zero-order chi connectivity index (χ0) is 15.2. The second-order valence-corrected chi connectivity index (χ2v) is 4.93. The van der Waals surface area contributed by atoms with E-state index < -0.39 is 0 Å². The highest BCUT2D eigenvalue weighted by atomic mass is 16.5. The monoisotopic (exact) mass is 288 g/mol. The quantitative estimate of drug-likeness (QED) is 0.483. The van der Waals surface area contributed by atoms with Crippen LogP contribution in [0.1, 0.15) is 33.6 Å². The molecule has 0 atom stereocenters. The van der Waals surface area contributed by atoms with Crippen LogP contribution in [0.25, 0.3) is 0 Å². The minimum atomic E-state index is 0.00391. The van der Waals surface area contributed by atoms with Crippen LogP contribution in [0.2, 0.25) is 0 Å². The molecule has 0 aliphatic rings. The number of hydrogen-bond acceptors (Lipinski definition) is 5. The van der Waals surface area contributed by atoms with Crippen LogP contribution in [0.4, 0.5) is 0 Å². The maximum absolute atomic E-state index is 11.4. The van der Waals surface area contributed by atoms with Crippen molar-refractivity contribution in [3.63, 3.8) is 0 Å². The lowest BCUT2D eigenvalue weighted by atomic mass is 10.2. The van der Waals surface area contributed by atoms with E-state index in [-0.39, 0.29) is 18.3 Å². The Kier molecular flexibility index (Phi) is 12.4. The van der Waals surface area contributed by atoms with Gasteiger partial charge in [-0.25, -0.2) is 0 Å². The molecule has 0 heterocycles. The molecule has 1 amide bonds. The molecule has 0 saturated heterocycles. The molecule has 0 aromatic rings. The van der Waals surface area contributed by atoms with E-state index in [1.165, 1.54) is 6.92 Å². The Balaban J connectivity index is 3.21. The lowest BCUT2D eigenvalue weighted by Gasteiger charge is -2.08. The van der Waals surface area contributed by atoms with Gasteiger partial charge in [0.2, 0.25) is 5.91 Å². The molecule has 0 spiro atoms. The zero-order valence-electron chi connectivity index (χ0n) is 12.9. The highest BCUT2D eigenvalue weighted by molar-refractivity contribution is 5.76. The molecule has 118 valence electrons. The first-order valence-corrected chi connectivity index (χ1v) is 7.17. The van der Waals surface area contributed by atoms with Crippen molar-refractivity contribution in [1.29, 1.82) is 0 Å². The first kappa shape index (κ1) is 19.0. The van der Waals surface area contributed by atoms with Crippen LogP contribution in [0.3, 0.4) is 0 Å². The summed E-state index contributed by atoms with van der Waals surface area (Å²) in [5.41, 5.74) is 0. The van der Waals surface area contributed by atoms with Crippen molar-refractivity contribution >= 4 is 11.7 Å². The van der Waals surface area contributed by atoms with Gasteiger partial charge in [0, 0.05) is 19.0 Å².